The molecule has 3 heterocycles. The number of nitrogens with one attached hydrogen (secondary N) is 1. The summed E-state index contributed by atoms with van der Waals surface area (Å²) in [5.74, 6) is 0. The summed E-state index contributed by atoms with van der Waals surface area (Å²) in [6, 6.07) is 43.4. The van der Waals surface area contributed by atoms with Gasteiger partial charge in [-0.05, 0) is 48.5 Å². The van der Waals surface area contributed by atoms with Gasteiger partial charge in [0, 0.05) is 44.0 Å². The van der Waals surface area contributed by atoms with Crippen molar-refractivity contribution in [2.45, 2.75) is 0 Å². The van der Waals surface area contributed by atoms with Crippen LogP contribution in [0, 0.1) is 0 Å². The Labute approximate surface area is 201 Å². The number of benzene rings is 5. The fraction of sp³-hybridized carbons (Fsp3) is 0. The maximum atomic E-state index is 3.65. The first-order chi connectivity index (χ1) is 17.4. The zero-order chi connectivity index (χ0) is 22.9. The van der Waals surface area contributed by atoms with E-state index in [2.05, 4.69) is 135 Å². The standard InChI is InChI=1S/C32H21N3/c1-3-11-21(12-4-1)34-29-18-10-8-16-24(29)31-32(34)26-19-25-23-15-7-9-17-27(23)33-28(25)20-30(26)35(31)22-13-5-2-6-14-22/h1-20,33H. The molecule has 5 aromatic carbocycles. The van der Waals surface area contributed by atoms with E-state index in [4.69, 9.17) is 0 Å². The number of rotatable bonds is 2. The van der Waals surface area contributed by atoms with Crippen LogP contribution in [0.2, 0.25) is 0 Å². The number of fused-ring (bicyclic) bond motifs is 8. The Balaban J connectivity index is 1.67. The molecule has 0 bridgehead atoms. The van der Waals surface area contributed by atoms with Gasteiger partial charge in [0.05, 0.1) is 22.1 Å². The molecule has 0 saturated heterocycles. The van der Waals surface area contributed by atoms with E-state index in [1.807, 2.05) is 0 Å². The first-order valence-corrected chi connectivity index (χ1v) is 12.0. The van der Waals surface area contributed by atoms with Crippen molar-refractivity contribution in [3.8, 4) is 11.4 Å². The molecule has 164 valence electrons. The first-order valence-electron chi connectivity index (χ1n) is 12.0. The molecule has 0 aliphatic carbocycles. The molecule has 0 spiro atoms. The van der Waals surface area contributed by atoms with Crippen LogP contribution < -0.4 is 0 Å². The van der Waals surface area contributed by atoms with Crippen LogP contribution in [0.4, 0.5) is 0 Å². The Morgan fingerprint density at radius 2 is 0.971 bits per heavy atom. The number of para-hydroxylation sites is 4. The number of hydrogen-bond donors (Lipinski definition) is 1. The zero-order valence-electron chi connectivity index (χ0n) is 18.9. The smallest absolute Gasteiger partial charge is 0.0804 e. The molecule has 3 nitrogen and oxygen atoms in total. The quantitative estimate of drug-likeness (QED) is 0.275. The van der Waals surface area contributed by atoms with E-state index in [1.165, 1.54) is 60.5 Å². The van der Waals surface area contributed by atoms with Gasteiger partial charge in [0.2, 0.25) is 0 Å². The van der Waals surface area contributed by atoms with Crippen molar-refractivity contribution in [2.75, 3.05) is 0 Å². The van der Waals surface area contributed by atoms with E-state index in [9.17, 15) is 0 Å². The minimum Gasteiger partial charge on any atom is -0.354 e. The van der Waals surface area contributed by atoms with Crippen molar-refractivity contribution in [2.24, 2.45) is 0 Å². The molecule has 1 N–H and O–H groups in total. The minimum absolute atomic E-state index is 1.16. The number of aromatic amines is 1. The van der Waals surface area contributed by atoms with Crippen molar-refractivity contribution in [1.82, 2.24) is 14.1 Å². The van der Waals surface area contributed by atoms with Crippen LogP contribution in [0.3, 0.4) is 0 Å². The van der Waals surface area contributed by atoms with Crippen LogP contribution in [0.25, 0.3) is 66.0 Å². The first kappa shape index (κ1) is 18.6. The molecule has 3 heteroatoms. The van der Waals surface area contributed by atoms with Crippen molar-refractivity contribution in [1.29, 1.82) is 0 Å². The summed E-state index contributed by atoms with van der Waals surface area (Å²) in [6.07, 6.45) is 0. The number of nitrogens with zero attached hydrogens (tertiary/aromatic N) is 2. The summed E-state index contributed by atoms with van der Waals surface area (Å²) in [4.78, 5) is 3.65. The van der Waals surface area contributed by atoms with Crippen LogP contribution in [-0.4, -0.2) is 14.1 Å². The molecule has 0 amide bonds. The van der Waals surface area contributed by atoms with Gasteiger partial charge in [0.25, 0.3) is 0 Å². The van der Waals surface area contributed by atoms with Crippen molar-refractivity contribution in [3.05, 3.63) is 121 Å². The van der Waals surface area contributed by atoms with E-state index in [0.717, 1.165) is 5.52 Å². The summed E-state index contributed by atoms with van der Waals surface area (Å²) in [6.45, 7) is 0. The Bertz CT molecular complexity index is 2040. The second kappa shape index (κ2) is 6.87. The third kappa shape index (κ3) is 2.50. The Morgan fingerprint density at radius 1 is 0.400 bits per heavy atom. The van der Waals surface area contributed by atoms with Gasteiger partial charge in [-0.1, -0.05) is 72.8 Å². The van der Waals surface area contributed by atoms with E-state index in [0.29, 0.717) is 0 Å². The van der Waals surface area contributed by atoms with E-state index in [-0.39, 0.29) is 0 Å². The largest absolute Gasteiger partial charge is 0.354 e. The molecule has 0 unspecified atom stereocenters. The predicted octanol–water partition coefficient (Wildman–Crippen LogP) is 8.36. The highest BCUT2D eigenvalue weighted by atomic mass is 15.1. The van der Waals surface area contributed by atoms with Crippen LogP contribution >= 0.6 is 0 Å². The van der Waals surface area contributed by atoms with Gasteiger partial charge < -0.3 is 14.1 Å². The van der Waals surface area contributed by atoms with Crippen molar-refractivity contribution < 1.29 is 0 Å². The van der Waals surface area contributed by atoms with Crippen LogP contribution in [0.5, 0.6) is 0 Å². The average Bonchev–Trinajstić information content (AvgIpc) is 3.55. The average molecular weight is 448 g/mol. The lowest BCUT2D eigenvalue weighted by Gasteiger charge is -2.09. The molecule has 35 heavy (non-hydrogen) atoms. The summed E-state index contributed by atoms with van der Waals surface area (Å²) >= 11 is 0. The SMILES string of the molecule is c1ccc(-n2c3ccccc3c3c2c2cc4c(cc2n3-c2ccccc2)[nH]c2ccccc24)cc1. The molecule has 0 fully saturated rings. The highest BCUT2D eigenvalue weighted by molar-refractivity contribution is 6.23. The van der Waals surface area contributed by atoms with Crippen molar-refractivity contribution >= 4 is 54.6 Å². The molecule has 3 aromatic heterocycles. The molecule has 0 radical (unpaired) electrons. The van der Waals surface area contributed by atoms with E-state index < -0.39 is 0 Å². The van der Waals surface area contributed by atoms with Gasteiger partial charge in [0.1, 0.15) is 0 Å². The Morgan fingerprint density at radius 3 is 1.71 bits per heavy atom. The summed E-state index contributed by atoms with van der Waals surface area (Å²) in [5.41, 5.74) is 9.56. The van der Waals surface area contributed by atoms with Gasteiger partial charge in [-0.15, -0.1) is 0 Å². The Kier molecular flexibility index (Phi) is 3.66. The Hall–Kier alpha value is -4.76. The summed E-state index contributed by atoms with van der Waals surface area (Å²) < 4.78 is 4.85. The molecule has 0 saturated carbocycles. The topological polar surface area (TPSA) is 25.6 Å². The maximum absolute atomic E-state index is 3.65. The highest BCUT2D eigenvalue weighted by Crippen LogP contribution is 2.42. The maximum Gasteiger partial charge on any atom is 0.0804 e. The van der Waals surface area contributed by atoms with Crippen LogP contribution in [0.15, 0.2) is 121 Å². The molecule has 0 aliphatic heterocycles. The molecule has 8 aromatic rings. The fourth-order valence-corrected chi connectivity index (χ4v) is 5.77. The van der Waals surface area contributed by atoms with E-state index >= 15 is 0 Å². The minimum atomic E-state index is 1.16. The predicted molar refractivity (Wildman–Crippen MR) is 147 cm³/mol. The van der Waals surface area contributed by atoms with Gasteiger partial charge in [-0.3, -0.25) is 0 Å². The molecular formula is C32H21N3. The van der Waals surface area contributed by atoms with Gasteiger partial charge in [0.15, 0.2) is 0 Å². The van der Waals surface area contributed by atoms with Gasteiger partial charge in [-0.25, -0.2) is 0 Å². The number of hydrogen-bond acceptors (Lipinski definition) is 0. The van der Waals surface area contributed by atoms with Crippen molar-refractivity contribution in [3.63, 3.8) is 0 Å². The second-order valence-electron chi connectivity index (χ2n) is 9.14. The monoisotopic (exact) mass is 447 g/mol. The second-order valence-corrected chi connectivity index (χ2v) is 9.14. The molecule has 0 atom stereocenters. The lowest BCUT2D eigenvalue weighted by Crippen LogP contribution is -1.93. The fourth-order valence-electron chi connectivity index (χ4n) is 5.77. The van der Waals surface area contributed by atoms with Crippen LogP contribution in [-0.2, 0) is 0 Å². The van der Waals surface area contributed by atoms with Crippen LogP contribution in [0.1, 0.15) is 0 Å². The molecule has 0 aliphatic rings. The lowest BCUT2D eigenvalue weighted by atomic mass is 10.1. The zero-order valence-corrected chi connectivity index (χ0v) is 18.9. The highest BCUT2D eigenvalue weighted by Gasteiger charge is 2.22. The van der Waals surface area contributed by atoms with Gasteiger partial charge >= 0.3 is 0 Å². The van der Waals surface area contributed by atoms with Gasteiger partial charge in [-0.2, -0.15) is 0 Å². The lowest BCUT2D eigenvalue weighted by molar-refractivity contribution is 1.17. The van der Waals surface area contributed by atoms with E-state index in [1.54, 1.807) is 0 Å². The third-order valence-electron chi connectivity index (χ3n) is 7.22. The normalized spacial score (nSPS) is 12.0. The number of H-pyrrole nitrogens is 1. The molecule has 8 rings (SSSR count). The molecular weight excluding hydrogens is 426 g/mol. The summed E-state index contributed by atoms with van der Waals surface area (Å²) in [5, 5.41) is 5.01. The number of aromatic nitrogens is 3. The summed E-state index contributed by atoms with van der Waals surface area (Å²) in [7, 11) is 0. The third-order valence-corrected chi connectivity index (χ3v) is 7.22.